The fourth-order valence-corrected chi connectivity index (χ4v) is 2.45. The van der Waals surface area contributed by atoms with Crippen LogP contribution < -0.4 is 5.32 Å². The molecule has 2 heterocycles. The van der Waals surface area contributed by atoms with Crippen molar-refractivity contribution in [2.24, 2.45) is 0 Å². The molecule has 0 saturated carbocycles. The van der Waals surface area contributed by atoms with Crippen LogP contribution in [-0.4, -0.2) is 36.6 Å². The van der Waals surface area contributed by atoms with Gasteiger partial charge in [0, 0.05) is 17.8 Å². The predicted molar refractivity (Wildman–Crippen MR) is 77.7 cm³/mol. The lowest BCUT2D eigenvalue weighted by atomic mass is 10.3. The Hall–Kier alpha value is -1.83. The number of anilines is 1. The van der Waals surface area contributed by atoms with E-state index in [1.54, 1.807) is 6.33 Å². The van der Waals surface area contributed by atoms with Gasteiger partial charge < -0.3 is 9.88 Å². The molecule has 0 bridgehead atoms. The average molecular weight is 294 g/mol. The van der Waals surface area contributed by atoms with Gasteiger partial charge in [-0.25, -0.2) is 0 Å². The third-order valence-corrected chi connectivity index (χ3v) is 3.67. The van der Waals surface area contributed by atoms with E-state index >= 15 is 0 Å². The molecule has 0 radical (unpaired) electrons. The Bertz CT molecular complexity index is 576. The van der Waals surface area contributed by atoms with Crippen molar-refractivity contribution in [1.29, 1.82) is 0 Å². The van der Waals surface area contributed by atoms with Gasteiger partial charge in [-0.15, -0.1) is 10.2 Å². The van der Waals surface area contributed by atoms with Crippen LogP contribution in [0.5, 0.6) is 0 Å². The molecule has 20 heavy (non-hydrogen) atoms. The zero-order chi connectivity index (χ0) is 14.5. The molecule has 0 saturated heterocycles. The number of aromatic nitrogens is 5. The van der Waals surface area contributed by atoms with Gasteiger partial charge in [-0.1, -0.05) is 18.7 Å². The molecule has 0 aliphatic heterocycles. The second-order valence-corrected chi connectivity index (χ2v) is 5.53. The highest BCUT2D eigenvalue weighted by atomic mass is 32.2. The maximum Gasteiger partial charge on any atom is 0.236 e. The second kappa shape index (κ2) is 6.56. The number of hydrogen-bond acceptors (Lipinski definition) is 5. The third-order valence-electron chi connectivity index (χ3n) is 2.71. The molecule has 0 unspecified atom stereocenters. The molecule has 1 amide bonds. The van der Waals surface area contributed by atoms with Crippen LogP contribution in [0.15, 0.2) is 17.6 Å². The van der Waals surface area contributed by atoms with Crippen LogP contribution in [0.3, 0.4) is 0 Å². The van der Waals surface area contributed by atoms with E-state index in [1.165, 1.54) is 11.8 Å². The average Bonchev–Trinajstić information content (AvgIpc) is 3.04. The van der Waals surface area contributed by atoms with Crippen molar-refractivity contribution < 1.29 is 4.79 Å². The highest BCUT2D eigenvalue weighted by Crippen LogP contribution is 2.18. The van der Waals surface area contributed by atoms with E-state index in [2.05, 4.69) is 25.7 Å². The first kappa shape index (κ1) is 14.6. The van der Waals surface area contributed by atoms with Gasteiger partial charge in [0.1, 0.15) is 6.33 Å². The molecule has 0 fully saturated rings. The summed E-state index contributed by atoms with van der Waals surface area (Å²) in [5.41, 5.74) is 0.993. The summed E-state index contributed by atoms with van der Waals surface area (Å²) in [5.74, 6) is 0.722. The van der Waals surface area contributed by atoms with Crippen LogP contribution in [0.4, 0.5) is 5.82 Å². The number of nitrogens with zero attached hydrogens (tertiary/aromatic N) is 4. The molecule has 2 aromatic heterocycles. The Morgan fingerprint density at radius 2 is 2.35 bits per heavy atom. The lowest BCUT2D eigenvalue weighted by molar-refractivity contribution is -0.113. The predicted octanol–water partition coefficient (Wildman–Crippen LogP) is 1.88. The minimum absolute atomic E-state index is 0.109. The first-order chi connectivity index (χ1) is 9.60. The van der Waals surface area contributed by atoms with Gasteiger partial charge >= 0.3 is 0 Å². The zero-order valence-corrected chi connectivity index (χ0v) is 12.6. The number of nitrogens with one attached hydrogen (secondary N) is 2. The Labute approximate surface area is 121 Å². The molecule has 2 rings (SSSR count). The Morgan fingerprint density at radius 3 is 3.00 bits per heavy atom. The lowest BCUT2D eigenvalue weighted by Crippen LogP contribution is -2.15. The highest BCUT2D eigenvalue weighted by molar-refractivity contribution is 7.99. The molecule has 0 aliphatic rings. The molecule has 0 aromatic carbocycles. The summed E-state index contributed by atoms with van der Waals surface area (Å²) in [6.07, 6.45) is 2.53. The largest absolute Gasteiger partial charge is 0.308 e. The standard InChI is InChI=1S/C12H18N6OS/c1-4-9-5-10(16-15-9)14-11(19)6-20-12-17-13-7-18(12)8(2)3/h5,7-8H,4,6H2,1-3H3,(H2,14,15,16,19). The van der Waals surface area contributed by atoms with E-state index in [9.17, 15) is 4.79 Å². The van der Waals surface area contributed by atoms with Gasteiger partial charge in [-0.05, 0) is 20.3 Å². The van der Waals surface area contributed by atoms with E-state index in [0.717, 1.165) is 17.3 Å². The molecule has 108 valence electrons. The van der Waals surface area contributed by atoms with E-state index in [4.69, 9.17) is 0 Å². The van der Waals surface area contributed by atoms with E-state index < -0.39 is 0 Å². The van der Waals surface area contributed by atoms with Crippen LogP contribution in [0.2, 0.25) is 0 Å². The van der Waals surface area contributed by atoms with E-state index in [1.807, 2.05) is 31.4 Å². The first-order valence-electron chi connectivity index (χ1n) is 6.46. The molecule has 2 aromatic rings. The number of carbonyl (C=O) groups is 1. The Balaban J connectivity index is 1.87. The van der Waals surface area contributed by atoms with Gasteiger partial charge in [0.05, 0.1) is 5.75 Å². The first-order valence-corrected chi connectivity index (χ1v) is 7.45. The maximum absolute atomic E-state index is 11.8. The van der Waals surface area contributed by atoms with Crippen molar-refractivity contribution in [3.8, 4) is 0 Å². The van der Waals surface area contributed by atoms with E-state index in [0.29, 0.717) is 5.82 Å². The van der Waals surface area contributed by atoms with Crippen molar-refractivity contribution in [2.45, 2.75) is 38.4 Å². The Morgan fingerprint density at radius 1 is 1.55 bits per heavy atom. The minimum atomic E-state index is -0.109. The number of thioether (sulfide) groups is 1. The lowest BCUT2D eigenvalue weighted by Gasteiger charge is -2.08. The SMILES string of the molecule is CCc1cc(NC(=O)CSc2nncn2C(C)C)n[nH]1. The van der Waals surface area contributed by atoms with Gasteiger partial charge in [-0.2, -0.15) is 5.10 Å². The quantitative estimate of drug-likeness (QED) is 0.794. The monoisotopic (exact) mass is 294 g/mol. The van der Waals surface area contributed by atoms with Crippen LogP contribution >= 0.6 is 11.8 Å². The molecule has 0 atom stereocenters. The highest BCUT2D eigenvalue weighted by Gasteiger charge is 2.11. The van der Waals surface area contributed by atoms with Crippen molar-refractivity contribution in [2.75, 3.05) is 11.1 Å². The molecule has 8 heteroatoms. The summed E-state index contributed by atoms with van der Waals surface area (Å²) >= 11 is 1.36. The second-order valence-electron chi connectivity index (χ2n) is 4.58. The maximum atomic E-state index is 11.8. The summed E-state index contributed by atoms with van der Waals surface area (Å²) in [6, 6.07) is 2.10. The van der Waals surface area contributed by atoms with Crippen LogP contribution in [0.25, 0.3) is 0 Å². The van der Waals surface area contributed by atoms with Crippen LogP contribution in [-0.2, 0) is 11.2 Å². The summed E-state index contributed by atoms with van der Waals surface area (Å²) in [6.45, 7) is 6.11. The topological polar surface area (TPSA) is 88.5 Å². The van der Waals surface area contributed by atoms with Gasteiger partial charge in [0.2, 0.25) is 5.91 Å². The van der Waals surface area contributed by atoms with Crippen molar-refractivity contribution in [1.82, 2.24) is 25.0 Å². The summed E-state index contributed by atoms with van der Waals surface area (Å²) in [5, 5.41) is 18.2. The molecular formula is C12H18N6OS. The molecule has 0 aliphatic carbocycles. The third kappa shape index (κ3) is 3.60. The summed E-state index contributed by atoms with van der Waals surface area (Å²) in [4.78, 5) is 11.8. The molecule has 7 nitrogen and oxygen atoms in total. The van der Waals surface area contributed by atoms with Crippen molar-refractivity contribution in [3.05, 3.63) is 18.1 Å². The Kier molecular flexibility index (Phi) is 4.78. The van der Waals surface area contributed by atoms with Crippen molar-refractivity contribution >= 4 is 23.5 Å². The number of carbonyl (C=O) groups excluding carboxylic acids is 1. The fourth-order valence-electron chi connectivity index (χ4n) is 1.61. The van der Waals surface area contributed by atoms with Crippen LogP contribution in [0, 0.1) is 0 Å². The normalized spacial score (nSPS) is 11.0. The molecular weight excluding hydrogens is 276 g/mol. The summed E-state index contributed by atoms with van der Waals surface area (Å²) in [7, 11) is 0. The smallest absolute Gasteiger partial charge is 0.236 e. The van der Waals surface area contributed by atoms with Crippen molar-refractivity contribution in [3.63, 3.8) is 0 Å². The van der Waals surface area contributed by atoms with Gasteiger partial charge in [0.25, 0.3) is 0 Å². The van der Waals surface area contributed by atoms with E-state index in [-0.39, 0.29) is 17.7 Å². The number of aryl methyl sites for hydroxylation is 1. The van der Waals surface area contributed by atoms with Gasteiger partial charge in [0.15, 0.2) is 11.0 Å². The minimum Gasteiger partial charge on any atom is -0.308 e. The zero-order valence-electron chi connectivity index (χ0n) is 11.8. The molecule has 2 N–H and O–H groups in total. The molecule has 0 spiro atoms. The number of H-pyrrole nitrogens is 1. The fraction of sp³-hybridized carbons (Fsp3) is 0.500. The summed E-state index contributed by atoms with van der Waals surface area (Å²) < 4.78 is 1.93. The number of amides is 1. The van der Waals surface area contributed by atoms with Gasteiger partial charge in [-0.3, -0.25) is 9.89 Å². The number of aromatic amines is 1. The van der Waals surface area contributed by atoms with Crippen LogP contribution in [0.1, 0.15) is 32.5 Å². The number of hydrogen-bond donors (Lipinski definition) is 2. The number of rotatable bonds is 6.